The molecule has 1 heterocycles. The van der Waals surface area contributed by atoms with Crippen LogP contribution in [0.4, 0.5) is 10.5 Å². The van der Waals surface area contributed by atoms with E-state index in [0.29, 0.717) is 17.3 Å². The smallest absolute Gasteiger partial charge is 0.343 e. The first-order valence-electron chi connectivity index (χ1n) is 6.48. The number of benzene rings is 1. The Hall–Kier alpha value is -1.34. The van der Waals surface area contributed by atoms with Crippen LogP contribution in [0.25, 0.3) is 0 Å². The molecule has 2 amide bonds. The van der Waals surface area contributed by atoms with Gasteiger partial charge >= 0.3 is 6.03 Å². The van der Waals surface area contributed by atoms with E-state index in [9.17, 15) is 4.79 Å². The molecule has 0 aliphatic carbocycles. The summed E-state index contributed by atoms with van der Waals surface area (Å²) in [5.41, 5.74) is 2.96. The van der Waals surface area contributed by atoms with Crippen LogP contribution in [0.2, 0.25) is 5.02 Å². The molecular weight excluding hydrogens is 282 g/mol. The van der Waals surface area contributed by atoms with Gasteiger partial charge in [-0.1, -0.05) is 17.7 Å². The number of halogens is 1. The molecule has 1 aliphatic heterocycles. The van der Waals surface area contributed by atoms with E-state index in [0.717, 1.165) is 32.8 Å². The van der Waals surface area contributed by atoms with Gasteiger partial charge in [-0.05, 0) is 18.2 Å². The minimum atomic E-state index is -0.422. The number of anilines is 1. The second-order valence-electron chi connectivity index (χ2n) is 4.37. The molecule has 0 aromatic heterocycles. The lowest BCUT2D eigenvalue weighted by Crippen LogP contribution is -2.39. The van der Waals surface area contributed by atoms with Crippen molar-refractivity contribution in [1.29, 1.82) is 0 Å². The van der Waals surface area contributed by atoms with Crippen LogP contribution in [0.5, 0.6) is 0 Å². The molecule has 0 bridgehead atoms. The van der Waals surface area contributed by atoms with Crippen LogP contribution in [0, 0.1) is 0 Å². The summed E-state index contributed by atoms with van der Waals surface area (Å²) in [7, 11) is 0. The van der Waals surface area contributed by atoms with Crippen LogP contribution in [0.3, 0.4) is 0 Å². The summed E-state index contributed by atoms with van der Waals surface area (Å²) in [4.78, 5) is 18.9. The average molecular weight is 300 g/mol. The van der Waals surface area contributed by atoms with Gasteiger partial charge in [0, 0.05) is 30.3 Å². The molecular formula is C13H18ClN3O3. The number of amides is 2. The van der Waals surface area contributed by atoms with E-state index in [1.807, 2.05) is 0 Å². The first kappa shape index (κ1) is 15.1. The lowest BCUT2D eigenvalue weighted by molar-refractivity contribution is 0.00629. The molecule has 1 fully saturated rings. The van der Waals surface area contributed by atoms with Gasteiger partial charge < -0.3 is 10.1 Å². The van der Waals surface area contributed by atoms with Crippen LogP contribution in [0.15, 0.2) is 24.3 Å². The molecule has 0 atom stereocenters. The van der Waals surface area contributed by atoms with Gasteiger partial charge in [0.1, 0.15) is 0 Å². The fourth-order valence-corrected chi connectivity index (χ4v) is 2.03. The Morgan fingerprint density at radius 1 is 1.40 bits per heavy atom. The summed E-state index contributed by atoms with van der Waals surface area (Å²) < 4.78 is 5.25. The molecule has 1 saturated heterocycles. The molecule has 1 aliphatic rings. The first-order chi connectivity index (χ1) is 9.74. The highest BCUT2D eigenvalue weighted by Crippen LogP contribution is 2.14. The SMILES string of the molecule is O=C(NOCCN1CCOCC1)Nc1cccc(Cl)c1. The number of ether oxygens (including phenoxy) is 1. The molecule has 0 unspecified atom stereocenters. The van der Waals surface area contributed by atoms with Crippen molar-refractivity contribution in [2.75, 3.05) is 44.8 Å². The van der Waals surface area contributed by atoms with Gasteiger partial charge in [-0.2, -0.15) is 0 Å². The monoisotopic (exact) mass is 299 g/mol. The van der Waals surface area contributed by atoms with E-state index >= 15 is 0 Å². The van der Waals surface area contributed by atoms with E-state index in [4.69, 9.17) is 21.2 Å². The summed E-state index contributed by atoms with van der Waals surface area (Å²) >= 11 is 5.82. The number of nitrogens with one attached hydrogen (secondary N) is 2. The van der Waals surface area contributed by atoms with Crippen molar-refractivity contribution < 1.29 is 14.4 Å². The predicted octanol–water partition coefficient (Wildman–Crippen LogP) is 1.73. The molecule has 7 heteroatoms. The maximum Gasteiger partial charge on any atom is 0.343 e. The highest BCUT2D eigenvalue weighted by Gasteiger charge is 2.09. The van der Waals surface area contributed by atoms with Crippen molar-refractivity contribution in [2.45, 2.75) is 0 Å². The largest absolute Gasteiger partial charge is 0.379 e. The second kappa shape index (κ2) is 8.06. The van der Waals surface area contributed by atoms with Crippen molar-refractivity contribution in [3.63, 3.8) is 0 Å². The predicted molar refractivity (Wildman–Crippen MR) is 76.8 cm³/mol. The zero-order valence-electron chi connectivity index (χ0n) is 11.1. The number of urea groups is 1. The van der Waals surface area contributed by atoms with E-state index < -0.39 is 6.03 Å². The molecule has 1 aromatic carbocycles. The normalized spacial score (nSPS) is 15.8. The van der Waals surface area contributed by atoms with Crippen LogP contribution in [0.1, 0.15) is 0 Å². The van der Waals surface area contributed by atoms with Gasteiger partial charge in [-0.15, -0.1) is 0 Å². The van der Waals surface area contributed by atoms with E-state index in [-0.39, 0.29) is 0 Å². The summed E-state index contributed by atoms with van der Waals surface area (Å²) in [5, 5.41) is 3.19. The van der Waals surface area contributed by atoms with Crippen LogP contribution >= 0.6 is 11.6 Å². The number of hydroxylamine groups is 1. The van der Waals surface area contributed by atoms with Gasteiger partial charge in [0.2, 0.25) is 0 Å². The number of hydrogen-bond acceptors (Lipinski definition) is 4. The summed E-state index contributed by atoms with van der Waals surface area (Å²) in [6.07, 6.45) is 0. The molecule has 2 rings (SSSR count). The molecule has 110 valence electrons. The standard InChI is InChI=1S/C13H18ClN3O3/c14-11-2-1-3-12(10-11)15-13(18)16-20-9-6-17-4-7-19-8-5-17/h1-3,10H,4-9H2,(H2,15,16,18). The highest BCUT2D eigenvalue weighted by atomic mass is 35.5. The third kappa shape index (κ3) is 5.34. The highest BCUT2D eigenvalue weighted by molar-refractivity contribution is 6.30. The number of hydrogen-bond donors (Lipinski definition) is 2. The molecule has 1 aromatic rings. The van der Waals surface area contributed by atoms with Crippen molar-refractivity contribution in [1.82, 2.24) is 10.4 Å². The number of morpholine rings is 1. The lowest BCUT2D eigenvalue weighted by atomic mass is 10.3. The van der Waals surface area contributed by atoms with Gasteiger partial charge in [0.25, 0.3) is 0 Å². The maximum atomic E-state index is 11.6. The van der Waals surface area contributed by atoms with Crippen molar-refractivity contribution in [3.8, 4) is 0 Å². The summed E-state index contributed by atoms with van der Waals surface area (Å²) in [6, 6.07) is 6.49. The Bertz CT molecular complexity index is 439. The minimum Gasteiger partial charge on any atom is -0.379 e. The van der Waals surface area contributed by atoms with E-state index in [1.165, 1.54) is 0 Å². The van der Waals surface area contributed by atoms with Crippen molar-refractivity contribution >= 4 is 23.3 Å². The Morgan fingerprint density at radius 3 is 2.95 bits per heavy atom. The number of carbonyl (C=O) groups is 1. The lowest BCUT2D eigenvalue weighted by Gasteiger charge is -2.26. The Labute approximate surface area is 122 Å². The minimum absolute atomic E-state index is 0.422. The fraction of sp³-hybridized carbons (Fsp3) is 0.462. The van der Waals surface area contributed by atoms with Crippen LogP contribution < -0.4 is 10.8 Å². The summed E-state index contributed by atoms with van der Waals surface area (Å²) in [6.45, 7) is 4.51. The number of rotatable bonds is 5. The van der Waals surface area contributed by atoms with Gasteiger partial charge in [0.15, 0.2) is 0 Å². The van der Waals surface area contributed by atoms with Gasteiger partial charge in [-0.25, -0.2) is 10.3 Å². The maximum absolute atomic E-state index is 11.6. The molecule has 20 heavy (non-hydrogen) atoms. The molecule has 6 nitrogen and oxygen atoms in total. The van der Waals surface area contributed by atoms with E-state index in [2.05, 4.69) is 15.7 Å². The molecule has 0 spiro atoms. The van der Waals surface area contributed by atoms with Gasteiger partial charge in [0.05, 0.1) is 19.8 Å². The zero-order valence-corrected chi connectivity index (χ0v) is 11.9. The molecule has 0 saturated carbocycles. The van der Waals surface area contributed by atoms with Crippen LogP contribution in [-0.2, 0) is 9.57 Å². The number of carbonyl (C=O) groups excluding carboxylic acids is 1. The Kier molecular flexibility index (Phi) is 6.07. The van der Waals surface area contributed by atoms with Crippen molar-refractivity contribution in [2.24, 2.45) is 0 Å². The zero-order chi connectivity index (χ0) is 14.2. The fourth-order valence-electron chi connectivity index (χ4n) is 1.84. The second-order valence-corrected chi connectivity index (χ2v) is 4.81. The topological polar surface area (TPSA) is 62.8 Å². The summed E-state index contributed by atoms with van der Waals surface area (Å²) in [5.74, 6) is 0. The Balaban J connectivity index is 1.60. The van der Waals surface area contributed by atoms with Crippen molar-refractivity contribution in [3.05, 3.63) is 29.3 Å². The third-order valence-corrected chi connectivity index (χ3v) is 3.10. The number of nitrogens with zero attached hydrogens (tertiary/aromatic N) is 1. The quantitative estimate of drug-likeness (QED) is 0.642. The molecule has 2 N–H and O–H groups in total. The third-order valence-electron chi connectivity index (χ3n) is 2.86. The first-order valence-corrected chi connectivity index (χ1v) is 6.86. The van der Waals surface area contributed by atoms with Crippen LogP contribution in [-0.4, -0.2) is 50.4 Å². The Morgan fingerprint density at radius 2 is 2.20 bits per heavy atom. The average Bonchev–Trinajstić information content (AvgIpc) is 2.45. The molecule has 0 radical (unpaired) electrons. The van der Waals surface area contributed by atoms with Gasteiger partial charge in [-0.3, -0.25) is 9.74 Å². The van der Waals surface area contributed by atoms with E-state index in [1.54, 1.807) is 24.3 Å².